The SMILES string of the molecule is CC1(C)[C@@H](O)CC[C@]2(C)[C@H]3C(=O)C=C4[C@H]5C[C@@](C)(CO)CC[C@]5(C)CC[C@@]4(C)[C@]3(C)CC[C@@H]12. The molecule has 33 heavy (non-hydrogen) atoms. The Labute approximate surface area is 201 Å². The Balaban J connectivity index is 1.62. The quantitative estimate of drug-likeness (QED) is 0.485. The Morgan fingerprint density at radius 2 is 1.58 bits per heavy atom. The molecular formula is C30H48O3. The second-order valence-corrected chi connectivity index (χ2v) is 15.0. The van der Waals surface area contributed by atoms with Gasteiger partial charge < -0.3 is 10.2 Å². The lowest BCUT2D eigenvalue weighted by Gasteiger charge is -2.70. The minimum absolute atomic E-state index is 0.0305. The summed E-state index contributed by atoms with van der Waals surface area (Å²) in [5.74, 6) is 1.20. The van der Waals surface area contributed by atoms with E-state index in [2.05, 4.69) is 54.5 Å². The number of rotatable bonds is 1. The van der Waals surface area contributed by atoms with Gasteiger partial charge in [-0.2, -0.15) is 0 Å². The van der Waals surface area contributed by atoms with Gasteiger partial charge in [0, 0.05) is 12.5 Å². The number of carbonyl (C=O) groups is 1. The fourth-order valence-corrected chi connectivity index (χ4v) is 10.4. The van der Waals surface area contributed by atoms with Gasteiger partial charge in [-0.1, -0.05) is 54.0 Å². The van der Waals surface area contributed by atoms with Crippen molar-refractivity contribution in [1.82, 2.24) is 0 Å². The maximum Gasteiger partial charge on any atom is 0.159 e. The molecule has 3 heteroatoms. The van der Waals surface area contributed by atoms with Crippen LogP contribution in [0.2, 0.25) is 0 Å². The van der Waals surface area contributed by atoms with Crippen LogP contribution >= 0.6 is 0 Å². The highest BCUT2D eigenvalue weighted by Crippen LogP contribution is 2.75. The van der Waals surface area contributed by atoms with Crippen molar-refractivity contribution in [3.8, 4) is 0 Å². The Kier molecular flexibility index (Phi) is 5.07. The Morgan fingerprint density at radius 3 is 2.24 bits per heavy atom. The zero-order chi connectivity index (χ0) is 24.2. The molecular weight excluding hydrogens is 408 g/mol. The van der Waals surface area contributed by atoms with Crippen LogP contribution < -0.4 is 0 Å². The molecule has 4 saturated carbocycles. The number of fused-ring (bicyclic) bond motifs is 7. The van der Waals surface area contributed by atoms with Gasteiger partial charge in [0.2, 0.25) is 0 Å². The molecule has 0 unspecified atom stereocenters. The number of hydrogen-bond acceptors (Lipinski definition) is 3. The van der Waals surface area contributed by atoms with Gasteiger partial charge in [0.15, 0.2) is 5.78 Å². The summed E-state index contributed by atoms with van der Waals surface area (Å²) in [5, 5.41) is 21.1. The van der Waals surface area contributed by atoms with Crippen LogP contribution in [-0.2, 0) is 4.79 Å². The summed E-state index contributed by atoms with van der Waals surface area (Å²) >= 11 is 0. The molecule has 4 fully saturated rings. The first-order valence-corrected chi connectivity index (χ1v) is 13.7. The Bertz CT molecular complexity index is 889. The van der Waals surface area contributed by atoms with E-state index in [9.17, 15) is 15.0 Å². The van der Waals surface area contributed by atoms with Crippen molar-refractivity contribution in [1.29, 1.82) is 0 Å². The fourth-order valence-electron chi connectivity index (χ4n) is 10.4. The summed E-state index contributed by atoms with van der Waals surface area (Å²) in [6.45, 7) is 16.8. The number of allylic oxidation sites excluding steroid dienone is 2. The lowest BCUT2D eigenvalue weighted by atomic mass is 9.33. The van der Waals surface area contributed by atoms with E-state index in [4.69, 9.17) is 0 Å². The van der Waals surface area contributed by atoms with Gasteiger partial charge in [0.05, 0.1) is 6.10 Å². The topological polar surface area (TPSA) is 57.5 Å². The maximum atomic E-state index is 14.2. The van der Waals surface area contributed by atoms with Crippen molar-refractivity contribution in [2.24, 2.45) is 50.2 Å². The van der Waals surface area contributed by atoms with E-state index >= 15 is 0 Å². The van der Waals surface area contributed by atoms with Crippen molar-refractivity contribution in [3.05, 3.63) is 11.6 Å². The molecule has 0 radical (unpaired) electrons. The normalized spacial score (nSPS) is 55.5. The zero-order valence-electron chi connectivity index (χ0n) is 22.3. The number of hydrogen-bond donors (Lipinski definition) is 2. The van der Waals surface area contributed by atoms with Crippen molar-refractivity contribution in [2.45, 2.75) is 112 Å². The van der Waals surface area contributed by atoms with Crippen LogP contribution in [0, 0.1) is 50.2 Å². The molecule has 9 atom stereocenters. The average Bonchev–Trinajstić information content (AvgIpc) is 2.74. The van der Waals surface area contributed by atoms with Crippen molar-refractivity contribution in [2.75, 3.05) is 6.61 Å². The minimum atomic E-state index is -0.269. The zero-order valence-corrected chi connectivity index (χ0v) is 22.3. The molecule has 186 valence electrons. The van der Waals surface area contributed by atoms with Gasteiger partial charge in [-0.05, 0) is 108 Å². The van der Waals surface area contributed by atoms with Gasteiger partial charge in [-0.25, -0.2) is 0 Å². The Hall–Kier alpha value is -0.670. The van der Waals surface area contributed by atoms with Crippen LogP contribution in [0.5, 0.6) is 0 Å². The molecule has 5 aliphatic rings. The summed E-state index contributed by atoms with van der Waals surface area (Å²) < 4.78 is 0. The van der Waals surface area contributed by atoms with Gasteiger partial charge in [-0.15, -0.1) is 0 Å². The van der Waals surface area contributed by atoms with Crippen LogP contribution in [0.3, 0.4) is 0 Å². The largest absolute Gasteiger partial charge is 0.396 e. The maximum absolute atomic E-state index is 14.2. The molecule has 0 spiro atoms. The summed E-state index contributed by atoms with van der Waals surface area (Å²) in [4.78, 5) is 14.2. The summed E-state index contributed by atoms with van der Waals surface area (Å²) in [7, 11) is 0. The van der Waals surface area contributed by atoms with E-state index in [0.29, 0.717) is 17.6 Å². The molecule has 3 nitrogen and oxygen atoms in total. The second-order valence-electron chi connectivity index (χ2n) is 15.0. The van der Waals surface area contributed by atoms with E-state index in [0.717, 1.165) is 44.9 Å². The summed E-state index contributed by atoms with van der Waals surface area (Å²) in [6.07, 6.45) is 11.5. The third kappa shape index (κ3) is 2.90. The third-order valence-corrected chi connectivity index (χ3v) is 13.0. The predicted molar refractivity (Wildman–Crippen MR) is 133 cm³/mol. The van der Waals surface area contributed by atoms with Gasteiger partial charge in [-0.3, -0.25) is 4.79 Å². The van der Waals surface area contributed by atoms with Crippen molar-refractivity contribution >= 4 is 5.78 Å². The van der Waals surface area contributed by atoms with Crippen molar-refractivity contribution in [3.63, 3.8) is 0 Å². The van der Waals surface area contributed by atoms with E-state index in [-0.39, 0.29) is 51.1 Å². The molecule has 2 N–H and O–H groups in total. The van der Waals surface area contributed by atoms with Gasteiger partial charge >= 0.3 is 0 Å². The molecule has 0 aromatic heterocycles. The molecule has 0 bridgehead atoms. The number of carbonyl (C=O) groups excluding carboxylic acids is 1. The number of aliphatic hydroxyl groups excluding tert-OH is 2. The average molecular weight is 457 g/mol. The third-order valence-electron chi connectivity index (χ3n) is 13.0. The number of ketones is 1. The van der Waals surface area contributed by atoms with E-state index < -0.39 is 0 Å². The second kappa shape index (κ2) is 6.96. The van der Waals surface area contributed by atoms with Crippen LogP contribution in [0.1, 0.15) is 106 Å². The molecule has 0 aromatic carbocycles. The van der Waals surface area contributed by atoms with Crippen LogP contribution in [0.25, 0.3) is 0 Å². The standard InChI is InChI=1S/C30H48O3/c1-25(2)22-8-11-30(7)24(28(22,5)10-9-23(25)33)21(32)16-19-20-17-26(3,18-31)12-13-27(20,4)14-15-29(19,30)6/h16,20,22-24,31,33H,8-15,17-18H2,1-7H3/t20-,22+,23+,24-,26+,27-,28+,29-,30-/m1/s1. The first-order valence-electron chi connectivity index (χ1n) is 13.7. The van der Waals surface area contributed by atoms with E-state index in [1.807, 2.05) is 0 Å². The summed E-state index contributed by atoms with van der Waals surface area (Å²) in [6, 6.07) is 0. The van der Waals surface area contributed by atoms with E-state index in [1.165, 1.54) is 18.4 Å². The molecule has 5 aliphatic carbocycles. The Morgan fingerprint density at radius 1 is 0.909 bits per heavy atom. The lowest BCUT2D eigenvalue weighted by molar-refractivity contribution is -0.202. The molecule has 0 saturated heterocycles. The molecule has 0 heterocycles. The highest BCUT2D eigenvalue weighted by atomic mass is 16.3. The van der Waals surface area contributed by atoms with Crippen molar-refractivity contribution < 1.29 is 15.0 Å². The highest BCUT2D eigenvalue weighted by Gasteiger charge is 2.70. The first-order chi connectivity index (χ1) is 15.2. The first kappa shape index (κ1) is 24.0. The lowest BCUT2D eigenvalue weighted by Crippen LogP contribution is -2.66. The molecule has 5 rings (SSSR count). The monoisotopic (exact) mass is 456 g/mol. The molecule has 0 aliphatic heterocycles. The predicted octanol–water partition coefficient (Wildman–Crippen LogP) is 6.32. The smallest absolute Gasteiger partial charge is 0.159 e. The van der Waals surface area contributed by atoms with Crippen LogP contribution in [0.4, 0.5) is 0 Å². The van der Waals surface area contributed by atoms with Gasteiger partial charge in [0.25, 0.3) is 0 Å². The summed E-state index contributed by atoms with van der Waals surface area (Å²) in [5.41, 5.74) is 1.46. The molecule has 0 amide bonds. The fraction of sp³-hybridized carbons (Fsp3) is 0.900. The van der Waals surface area contributed by atoms with Crippen LogP contribution in [-0.4, -0.2) is 28.7 Å². The number of aliphatic hydroxyl groups is 2. The highest BCUT2D eigenvalue weighted by molar-refractivity contribution is 5.95. The minimum Gasteiger partial charge on any atom is -0.396 e. The van der Waals surface area contributed by atoms with E-state index in [1.54, 1.807) is 0 Å². The van der Waals surface area contributed by atoms with Crippen LogP contribution in [0.15, 0.2) is 11.6 Å². The molecule has 0 aromatic rings. The van der Waals surface area contributed by atoms with Gasteiger partial charge in [0.1, 0.15) is 0 Å².